The van der Waals surface area contributed by atoms with Crippen molar-refractivity contribution in [2.75, 3.05) is 26.2 Å². The fourth-order valence-corrected chi connectivity index (χ4v) is 2.66. The van der Waals surface area contributed by atoms with Crippen LogP contribution in [0.5, 0.6) is 0 Å². The Labute approximate surface area is 108 Å². The molecule has 2 heteroatoms. The van der Waals surface area contributed by atoms with E-state index in [1.807, 2.05) is 0 Å². The van der Waals surface area contributed by atoms with Crippen LogP contribution in [0.2, 0.25) is 0 Å². The summed E-state index contributed by atoms with van der Waals surface area (Å²) in [5, 5.41) is 3.57. The highest BCUT2D eigenvalue weighted by Gasteiger charge is 2.13. The Morgan fingerprint density at radius 1 is 1.29 bits per heavy atom. The molecular formula is C15H32N2. The van der Waals surface area contributed by atoms with E-state index in [-0.39, 0.29) is 0 Å². The zero-order valence-corrected chi connectivity index (χ0v) is 12.2. The van der Waals surface area contributed by atoms with Crippen molar-refractivity contribution in [3.05, 3.63) is 0 Å². The molecule has 0 aromatic rings. The Kier molecular flexibility index (Phi) is 7.87. The molecule has 2 atom stereocenters. The van der Waals surface area contributed by atoms with Gasteiger partial charge in [0.15, 0.2) is 0 Å². The van der Waals surface area contributed by atoms with Gasteiger partial charge in [-0.25, -0.2) is 0 Å². The predicted octanol–water partition coefficient (Wildman–Crippen LogP) is 3.28. The molecule has 0 bridgehead atoms. The van der Waals surface area contributed by atoms with Crippen molar-refractivity contribution in [1.29, 1.82) is 0 Å². The molecule has 2 unspecified atom stereocenters. The van der Waals surface area contributed by atoms with E-state index < -0.39 is 0 Å². The molecule has 1 saturated heterocycles. The summed E-state index contributed by atoms with van der Waals surface area (Å²) in [4.78, 5) is 2.68. The van der Waals surface area contributed by atoms with E-state index in [9.17, 15) is 0 Å². The quantitative estimate of drug-likeness (QED) is 0.735. The van der Waals surface area contributed by atoms with Gasteiger partial charge in [-0.15, -0.1) is 0 Å². The van der Waals surface area contributed by atoms with E-state index in [1.165, 1.54) is 64.7 Å². The fourth-order valence-electron chi connectivity index (χ4n) is 2.66. The van der Waals surface area contributed by atoms with Gasteiger partial charge in [-0.05, 0) is 77.5 Å². The highest BCUT2D eigenvalue weighted by Crippen LogP contribution is 2.16. The van der Waals surface area contributed by atoms with Crippen LogP contribution in [0.15, 0.2) is 0 Å². The SMILES string of the molecule is CCCNC(C)CCCN1CCCC(C)CC1. The summed E-state index contributed by atoms with van der Waals surface area (Å²) < 4.78 is 0. The van der Waals surface area contributed by atoms with E-state index >= 15 is 0 Å². The fraction of sp³-hybridized carbons (Fsp3) is 1.00. The zero-order valence-electron chi connectivity index (χ0n) is 12.2. The van der Waals surface area contributed by atoms with Gasteiger partial charge in [0.2, 0.25) is 0 Å². The second-order valence-corrected chi connectivity index (χ2v) is 5.88. The van der Waals surface area contributed by atoms with Crippen LogP contribution < -0.4 is 5.32 Å². The summed E-state index contributed by atoms with van der Waals surface area (Å²) in [6, 6.07) is 0.695. The van der Waals surface area contributed by atoms with Crippen LogP contribution in [0, 0.1) is 5.92 Å². The number of rotatable bonds is 7. The third-order valence-corrected chi connectivity index (χ3v) is 3.96. The molecule has 0 spiro atoms. The number of nitrogens with one attached hydrogen (secondary N) is 1. The van der Waals surface area contributed by atoms with Crippen molar-refractivity contribution in [2.24, 2.45) is 5.92 Å². The third-order valence-electron chi connectivity index (χ3n) is 3.96. The normalized spacial score (nSPS) is 24.5. The van der Waals surface area contributed by atoms with Crippen LogP contribution in [0.1, 0.15) is 59.3 Å². The maximum atomic E-state index is 3.57. The number of likely N-dealkylation sites (tertiary alicyclic amines) is 1. The van der Waals surface area contributed by atoms with Gasteiger partial charge in [0.05, 0.1) is 0 Å². The van der Waals surface area contributed by atoms with Crippen molar-refractivity contribution < 1.29 is 0 Å². The first-order chi connectivity index (χ1) is 8.22. The first-order valence-corrected chi connectivity index (χ1v) is 7.68. The maximum Gasteiger partial charge on any atom is 0.00391 e. The summed E-state index contributed by atoms with van der Waals surface area (Å²) >= 11 is 0. The standard InChI is InChI=1S/C15H32N2/c1-4-10-16-15(3)8-6-12-17-11-5-7-14(2)9-13-17/h14-16H,4-13H2,1-3H3. The van der Waals surface area contributed by atoms with Gasteiger partial charge in [0.25, 0.3) is 0 Å². The van der Waals surface area contributed by atoms with Gasteiger partial charge in [0, 0.05) is 6.04 Å². The topological polar surface area (TPSA) is 15.3 Å². The summed E-state index contributed by atoms with van der Waals surface area (Å²) in [7, 11) is 0. The lowest BCUT2D eigenvalue weighted by Gasteiger charge is -2.21. The minimum Gasteiger partial charge on any atom is -0.314 e. The van der Waals surface area contributed by atoms with Crippen molar-refractivity contribution >= 4 is 0 Å². The first kappa shape index (κ1) is 15.0. The van der Waals surface area contributed by atoms with Crippen molar-refractivity contribution in [3.63, 3.8) is 0 Å². The molecule has 102 valence electrons. The van der Waals surface area contributed by atoms with Gasteiger partial charge in [-0.1, -0.05) is 13.8 Å². The average Bonchev–Trinajstić information content (AvgIpc) is 2.52. The van der Waals surface area contributed by atoms with Crippen molar-refractivity contribution in [1.82, 2.24) is 10.2 Å². The summed E-state index contributed by atoms with van der Waals surface area (Å²) in [6.45, 7) is 12.1. The molecule has 1 N–H and O–H groups in total. The van der Waals surface area contributed by atoms with Crippen molar-refractivity contribution in [3.8, 4) is 0 Å². The minimum atomic E-state index is 0.695. The highest BCUT2D eigenvalue weighted by atomic mass is 15.1. The minimum absolute atomic E-state index is 0.695. The molecule has 1 fully saturated rings. The monoisotopic (exact) mass is 240 g/mol. The van der Waals surface area contributed by atoms with Gasteiger partial charge >= 0.3 is 0 Å². The Bertz CT molecular complexity index is 182. The molecule has 0 aromatic heterocycles. The molecule has 0 radical (unpaired) electrons. The third kappa shape index (κ3) is 7.05. The zero-order chi connectivity index (χ0) is 12.5. The molecule has 0 aromatic carbocycles. The Morgan fingerprint density at radius 3 is 2.88 bits per heavy atom. The molecule has 1 aliphatic heterocycles. The summed E-state index contributed by atoms with van der Waals surface area (Å²) in [6.07, 6.45) is 8.17. The average molecular weight is 240 g/mol. The smallest absolute Gasteiger partial charge is 0.00391 e. The number of hydrogen-bond donors (Lipinski definition) is 1. The lowest BCUT2D eigenvalue weighted by atomic mass is 10.0. The molecule has 1 aliphatic rings. The first-order valence-electron chi connectivity index (χ1n) is 7.68. The molecule has 0 aliphatic carbocycles. The van der Waals surface area contributed by atoms with Crippen molar-refractivity contribution in [2.45, 2.75) is 65.3 Å². The Morgan fingerprint density at radius 2 is 2.12 bits per heavy atom. The molecular weight excluding hydrogens is 208 g/mol. The lowest BCUT2D eigenvalue weighted by molar-refractivity contribution is 0.271. The van der Waals surface area contributed by atoms with Crippen LogP contribution in [0.4, 0.5) is 0 Å². The van der Waals surface area contributed by atoms with Crippen LogP contribution in [-0.2, 0) is 0 Å². The van der Waals surface area contributed by atoms with Crippen LogP contribution in [0.3, 0.4) is 0 Å². The van der Waals surface area contributed by atoms with E-state index in [0.29, 0.717) is 6.04 Å². The number of nitrogens with zero attached hydrogens (tertiary/aromatic N) is 1. The molecule has 1 rings (SSSR count). The molecule has 2 nitrogen and oxygen atoms in total. The molecule has 17 heavy (non-hydrogen) atoms. The van der Waals surface area contributed by atoms with Gasteiger partial charge in [-0.2, -0.15) is 0 Å². The van der Waals surface area contributed by atoms with E-state index in [0.717, 1.165) is 5.92 Å². The molecule has 0 saturated carbocycles. The highest BCUT2D eigenvalue weighted by molar-refractivity contribution is 4.68. The number of hydrogen-bond acceptors (Lipinski definition) is 2. The largest absolute Gasteiger partial charge is 0.314 e. The lowest BCUT2D eigenvalue weighted by Crippen LogP contribution is -2.30. The Balaban J connectivity index is 2.05. The van der Waals surface area contributed by atoms with E-state index in [1.54, 1.807) is 0 Å². The summed E-state index contributed by atoms with van der Waals surface area (Å²) in [5.41, 5.74) is 0. The second-order valence-electron chi connectivity index (χ2n) is 5.88. The maximum absolute atomic E-state index is 3.57. The van der Waals surface area contributed by atoms with Crippen LogP contribution >= 0.6 is 0 Å². The van der Waals surface area contributed by atoms with Gasteiger partial charge in [0.1, 0.15) is 0 Å². The Hall–Kier alpha value is -0.0800. The van der Waals surface area contributed by atoms with Gasteiger partial charge < -0.3 is 10.2 Å². The van der Waals surface area contributed by atoms with E-state index in [4.69, 9.17) is 0 Å². The second kappa shape index (κ2) is 8.93. The van der Waals surface area contributed by atoms with Gasteiger partial charge in [-0.3, -0.25) is 0 Å². The van der Waals surface area contributed by atoms with Crippen LogP contribution in [-0.4, -0.2) is 37.1 Å². The van der Waals surface area contributed by atoms with Crippen LogP contribution in [0.25, 0.3) is 0 Å². The predicted molar refractivity (Wildman–Crippen MR) is 76.4 cm³/mol. The summed E-state index contributed by atoms with van der Waals surface area (Å²) in [5.74, 6) is 0.949. The van der Waals surface area contributed by atoms with E-state index in [2.05, 4.69) is 31.0 Å². The molecule has 0 amide bonds. The molecule has 1 heterocycles.